The van der Waals surface area contributed by atoms with E-state index in [0.717, 1.165) is 51.4 Å². The van der Waals surface area contributed by atoms with E-state index in [1.807, 2.05) is 13.1 Å². The molecule has 1 aromatic rings. The van der Waals surface area contributed by atoms with Gasteiger partial charge < -0.3 is 14.1 Å². The van der Waals surface area contributed by atoms with Crippen molar-refractivity contribution in [1.29, 1.82) is 0 Å². The minimum absolute atomic E-state index is 0.0395. The lowest BCUT2D eigenvalue weighted by atomic mass is 10.1. The van der Waals surface area contributed by atoms with Gasteiger partial charge in [-0.05, 0) is 50.9 Å². The van der Waals surface area contributed by atoms with Crippen LogP contribution in [0, 0.1) is 0 Å². The van der Waals surface area contributed by atoms with Crippen LogP contribution in [0.15, 0.2) is 16.5 Å². The van der Waals surface area contributed by atoms with Gasteiger partial charge in [0.05, 0.1) is 6.54 Å². The lowest BCUT2D eigenvalue weighted by Gasteiger charge is -2.25. The Hall–Kier alpha value is -1.33. The minimum Gasteiger partial charge on any atom is -0.455 e. The van der Waals surface area contributed by atoms with Crippen molar-refractivity contribution >= 4 is 5.91 Å². The van der Waals surface area contributed by atoms with Gasteiger partial charge in [0.1, 0.15) is 5.76 Å². The maximum atomic E-state index is 12.3. The zero-order valence-corrected chi connectivity index (χ0v) is 13.8. The first-order valence-corrected chi connectivity index (χ1v) is 8.26. The predicted octanol–water partition coefficient (Wildman–Crippen LogP) is 2.76. The van der Waals surface area contributed by atoms with Crippen LogP contribution in [0.1, 0.15) is 48.4 Å². The quantitative estimate of drug-likeness (QED) is 0.693. The first-order valence-electron chi connectivity index (χ1n) is 8.26. The summed E-state index contributed by atoms with van der Waals surface area (Å²) in [5.41, 5.74) is 0. The molecule has 1 aliphatic rings. The van der Waals surface area contributed by atoms with Gasteiger partial charge in [0, 0.05) is 27.3 Å². The highest BCUT2D eigenvalue weighted by Gasteiger charge is 2.17. The Kier molecular flexibility index (Phi) is 6.93. The molecule has 0 atom stereocenters. The molecule has 0 N–H and O–H groups in total. The number of carbonyl (C=O) groups is 1. The smallest absolute Gasteiger partial charge is 0.289 e. The summed E-state index contributed by atoms with van der Waals surface area (Å²) in [6.07, 6.45) is 5.75. The first-order chi connectivity index (χ1) is 10.7. The van der Waals surface area contributed by atoms with Crippen molar-refractivity contribution in [2.75, 3.05) is 40.4 Å². The van der Waals surface area contributed by atoms with Crippen molar-refractivity contribution in [2.24, 2.45) is 0 Å². The van der Waals surface area contributed by atoms with Gasteiger partial charge >= 0.3 is 0 Å². The summed E-state index contributed by atoms with van der Waals surface area (Å²) in [6, 6.07) is 3.73. The number of likely N-dealkylation sites (tertiary alicyclic amines) is 1. The van der Waals surface area contributed by atoms with Crippen LogP contribution in [0.25, 0.3) is 0 Å². The number of carbonyl (C=O) groups excluding carboxylic acids is 1. The van der Waals surface area contributed by atoms with Crippen LogP contribution in [0.5, 0.6) is 0 Å². The first kappa shape index (κ1) is 17.0. The lowest BCUT2D eigenvalue weighted by Crippen LogP contribution is -2.29. The molecular formula is C17H28N2O3. The fourth-order valence-corrected chi connectivity index (χ4v) is 2.80. The van der Waals surface area contributed by atoms with E-state index < -0.39 is 0 Å². The Morgan fingerprint density at radius 1 is 1.27 bits per heavy atom. The minimum atomic E-state index is -0.0395. The average molecular weight is 308 g/mol. The van der Waals surface area contributed by atoms with Crippen LogP contribution < -0.4 is 0 Å². The third-order valence-corrected chi connectivity index (χ3v) is 4.14. The van der Waals surface area contributed by atoms with Gasteiger partial charge in [-0.25, -0.2) is 0 Å². The van der Waals surface area contributed by atoms with Gasteiger partial charge in [-0.15, -0.1) is 0 Å². The summed E-state index contributed by atoms with van der Waals surface area (Å²) in [6.45, 7) is 4.53. The highest BCUT2D eigenvalue weighted by Crippen LogP contribution is 2.16. The van der Waals surface area contributed by atoms with Crippen molar-refractivity contribution in [2.45, 2.75) is 38.6 Å². The van der Waals surface area contributed by atoms with E-state index in [0.29, 0.717) is 5.76 Å². The Morgan fingerprint density at radius 2 is 2.05 bits per heavy atom. The van der Waals surface area contributed by atoms with E-state index in [2.05, 4.69) is 4.90 Å². The van der Waals surface area contributed by atoms with E-state index in [1.54, 1.807) is 18.1 Å². The number of piperidine rings is 1. The van der Waals surface area contributed by atoms with E-state index in [9.17, 15) is 4.79 Å². The maximum Gasteiger partial charge on any atom is 0.289 e. The molecule has 0 aromatic carbocycles. The molecule has 0 radical (unpaired) electrons. The molecular weight excluding hydrogens is 280 g/mol. The standard InChI is InChI=1S/C17H28N2O3/c1-18(10-6-7-13-21-2)17(20)16-9-8-15(22-16)14-19-11-4-3-5-12-19/h8-9H,3-7,10-14H2,1-2H3. The number of nitrogens with zero attached hydrogens (tertiary/aromatic N) is 2. The maximum absolute atomic E-state index is 12.3. The Bertz CT molecular complexity index is 453. The van der Waals surface area contributed by atoms with Crippen LogP contribution in [-0.2, 0) is 11.3 Å². The van der Waals surface area contributed by atoms with E-state index >= 15 is 0 Å². The van der Waals surface area contributed by atoms with Gasteiger partial charge in [-0.2, -0.15) is 0 Å². The molecule has 0 unspecified atom stereocenters. The summed E-state index contributed by atoms with van der Waals surface area (Å²) in [4.78, 5) is 16.4. The summed E-state index contributed by atoms with van der Waals surface area (Å²) >= 11 is 0. The Balaban J connectivity index is 1.80. The van der Waals surface area contributed by atoms with Crippen LogP contribution in [0.3, 0.4) is 0 Å². The molecule has 1 aliphatic heterocycles. The van der Waals surface area contributed by atoms with Crippen LogP contribution in [-0.4, -0.2) is 56.1 Å². The number of furan rings is 1. The van der Waals surface area contributed by atoms with Gasteiger partial charge in [0.15, 0.2) is 5.76 Å². The van der Waals surface area contributed by atoms with Crippen molar-refractivity contribution in [3.63, 3.8) is 0 Å². The van der Waals surface area contributed by atoms with E-state index in [1.165, 1.54) is 19.3 Å². The van der Waals surface area contributed by atoms with E-state index in [-0.39, 0.29) is 5.91 Å². The molecule has 22 heavy (non-hydrogen) atoms. The Morgan fingerprint density at radius 3 is 2.77 bits per heavy atom. The van der Waals surface area contributed by atoms with Gasteiger partial charge in [0.25, 0.3) is 5.91 Å². The zero-order chi connectivity index (χ0) is 15.8. The second-order valence-electron chi connectivity index (χ2n) is 6.03. The van der Waals surface area contributed by atoms with Crippen molar-refractivity contribution in [3.05, 3.63) is 23.7 Å². The van der Waals surface area contributed by atoms with Crippen LogP contribution in [0.2, 0.25) is 0 Å². The highest BCUT2D eigenvalue weighted by atomic mass is 16.5. The third kappa shape index (κ3) is 5.14. The zero-order valence-electron chi connectivity index (χ0n) is 13.8. The molecule has 0 aliphatic carbocycles. The second kappa shape index (κ2) is 8.96. The molecule has 0 saturated carbocycles. The number of amides is 1. The topological polar surface area (TPSA) is 45.9 Å². The molecule has 124 valence electrons. The molecule has 1 fully saturated rings. The van der Waals surface area contributed by atoms with Gasteiger partial charge in [-0.3, -0.25) is 9.69 Å². The molecule has 1 amide bonds. The predicted molar refractivity (Wildman–Crippen MR) is 85.9 cm³/mol. The highest BCUT2D eigenvalue weighted by molar-refractivity contribution is 5.91. The molecule has 5 nitrogen and oxygen atoms in total. The molecule has 0 spiro atoms. The largest absolute Gasteiger partial charge is 0.455 e. The normalized spacial score (nSPS) is 15.9. The molecule has 0 bridgehead atoms. The average Bonchev–Trinajstić information content (AvgIpc) is 3.00. The van der Waals surface area contributed by atoms with E-state index in [4.69, 9.17) is 9.15 Å². The number of hydrogen-bond donors (Lipinski definition) is 0. The van der Waals surface area contributed by atoms with Crippen molar-refractivity contribution in [1.82, 2.24) is 9.80 Å². The molecule has 5 heteroatoms. The van der Waals surface area contributed by atoms with Gasteiger partial charge in [0.2, 0.25) is 0 Å². The van der Waals surface area contributed by atoms with Crippen LogP contribution >= 0.6 is 0 Å². The van der Waals surface area contributed by atoms with Gasteiger partial charge in [-0.1, -0.05) is 6.42 Å². The monoisotopic (exact) mass is 308 g/mol. The number of unbranched alkanes of at least 4 members (excludes halogenated alkanes) is 1. The summed E-state index contributed by atoms with van der Waals surface area (Å²) in [5.74, 6) is 1.29. The fraction of sp³-hybridized carbons (Fsp3) is 0.706. The number of ether oxygens (including phenoxy) is 1. The molecule has 2 rings (SSSR count). The van der Waals surface area contributed by atoms with Crippen LogP contribution in [0.4, 0.5) is 0 Å². The molecule has 1 aromatic heterocycles. The SMILES string of the molecule is COCCCCN(C)C(=O)c1ccc(CN2CCCCC2)o1. The summed E-state index contributed by atoms with van der Waals surface area (Å²) in [5, 5.41) is 0. The number of hydrogen-bond acceptors (Lipinski definition) is 4. The number of methoxy groups -OCH3 is 1. The molecule has 1 saturated heterocycles. The molecule has 2 heterocycles. The fourth-order valence-electron chi connectivity index (χ4n) is 2.80. The number of rotatable bonds is 8. The summed E-state index contributed by atoms with van der Waals surface area (Å²) in [7, 11) is 3.52. The van der Waals surface area contributed by atoms with Crippen molar-refractivity contribution in [3.8, 4) is 0 Å². The third-order valence-electron chi connectivity index (χ3n) is 4.14. The Labute approximate surface area is 133 Å². The summed E-state index contributed by atoms with van der Waals surface area (Å²) < 4.78 is 10.8. The van der Waals surface area contributed by atoms with Crippen molar-refractivity contribution < 1.29 is 13.9 Å². The second-order valence-corrected chi connectivity index (χ2v) is 6.03. The lowest BCUT2D eigenvalue weighted by molar-refractivity contribution is 0.0752.